The fourth-order valence-corrected chi connectivity index (χ4v) is 4.37. The second kappa shape index (κ2) is 9.11. The predicted molar refractivity (Wildman–Crippen MR) is 91.0 cm³/mol. The minimum Gasteiger partial charge on any atom is -0.378 e. The van der Waals surface area contributed by atoms with E-state index in [2.05, 4.69) is 22.6 Å². The molecule has 1 aliphatic rings. The molecular formula is C16H22N3OP. The summed E-state index contributed by atoms with van der Waals surface area (Å²) < 4.78 is 13.3. The minimum absolute atomic E-state index is 0.207. The summed E-state index contributed by atoms with van der Waals surface area (Å²) in [6.45, 7) is 3.63. The number of nitrogens with two attached hydrogens (primary N) is 1. The average Bonchev–Trinajstić information content (AvgIpc) is 2.58. The van der Waals surface area contributed by atoms with E-state index in [9.17, 15) is 4.57 Å². The second-order valence-electron chi connectivity index (χ2n) is 4.19. The molecule has 1 aromatic rings. The molecule has 3 N–H and O–H groups in total. The fraction of sp³-hybridized carbons (Fsp3) is 0.188. The monoisotopic (exact) mass is 303 g/mol. The van der Waals surface area contributed by atoms with Gasteiger partial charge in [0, 0.05) is 12.4 Å². The van der Waals surface area contributed by atoms with Gasteiger partial charge in [-0.3, -0.25) is 4.98 Å². The van der Waals surface area contributed by atoms with Crippen molar-refractivity contribution in [2.24, 2.45) is 5.73 Å². The second-order valence-corrected chi connectivity index (χ2v) is 7.16. The Balaban J connectivity index is 0.00000106. The van der Waals surface area contributed by atoms with E-state index in [1.165, 1.54) is 7.05 Å². The van der Waals surface area contributed by atoms with Crippen molar-refractivity contribution < 1.29 is 4.57 Å². The van der Waals surface area contributed by atoms with Crippen LogP contribution in [-0.2, 0) is 4.57 Å². The Morgan fingerprint density at radius 2 is 2.24 bits per heavy atom. The van der Waals surface area contributed by atoms with Crippen molar-refractivity contribution in [3.05, 3.63) is 73.6 Å². The van der Waals surface area contributed by atoms with Gasteiger partial charge in [-0.1, -0.05) is 43.0 Å². The van der Waals surface area contributed by atoms with Gasteiger partial charge in [0.05, 0.1) is 0 Å². The number of nitrogens with zero attached hydrogens (tertiary/aromatic N) is 1. The Hall–Kier alpha value is -1.90. The van der Waals surface area contributed by atoms with Gasteiger partial charge in [0.2, 0.25) is 0 Å². The molecule has 0 radical (unpaired) electrons. The van der Waals surface area contributed by atoms with Gasteiger partial charge in [-0.25, -0.2) is 0 Å². The third-order valence-corrected chi connectivity index (χ3v) is 5.92. The summed E-state index contributed by atoms with van der Waals surface area (Å²) in [7, 11) is -1.17. The SMILES string of the molecule is C=C/C=C\CP(=O)(c1ccccn1)C1C=CC=CN1.CN. The summed E-state index contributed by atoms with van der Waals surface area (Å²) >= 11 is 0. The highest BCUT2D eigenvalue weighted by Crippen LogP contribution is 2.48. The van der Waals surface area contributed by atoms with Crippen molar-refractivity contribution >= 4 is 12.6 Å². The Morgan fingerprint density at radius 1 is 1.43 bits per heavy atom. The molecule has 0 spiro atoms. The van der Waals surface area contributed by atoms with E-state index in [1.54, 1.807) is 12.3 Å². The van der Waals surface area contributed by atoms with Crippen LogP contribution >= 0.6 is 7.14 Å². The molecule has 21 heavy (non-hydrogen) atoms. The van der Waals surface area contributed by atoms with E-state index in [4.69, 9.17) is 0 Å². The smallest absolute Gasteiger partial charge is 0.161 e. The van der Waals surface area contributed by atoms with Crippen molar-refractivity contribution in [2.45, 2.75) is 5.78 Å². The minimum atomic E-state index is -2.67. The fourth-order valence-electron chi connectivity index (χ4n) is 1.93. The van der Waals surface area contributed by atoms with Crippen molar-refractivity contribution in [3.63, 3.8) is 0 Å². The number of hydrogen-bond donors (Lipinski definition) is 2. The highest BCUT2D eigenvalue weighted by molar-refractivity contribution is 7.72. The van der Waals surface area contributed by atoms with Crippen LogP contribution in [-0.4, -0.2) is 24.0 Å². The molecule has 2 atom stereocenters. The summed E-state index contributed by atoms with van der Waals surface area (Å²) in [6.07, 6.45) is 15.1. The lowest BCUT2D eigenvalue weighted by Crippen LogP contribution is -2.30. The number of rotatable bonds is 5. The first-order chi connectivity index (χ1) is 10.3. The van der Waals surface area contributed by atoms with Gasteiger partial charge in [0.15, 0.2) is 7.14 Å². The maximum atomic E-state index is 13.3. The molecule has 0 amide bonds. The average molecular weight is 303 g/mol. The first kappa shape index (κ1) is 17.2. The Bertz CT molecular complexity index is 564. The molecule has 0 aliphatic carbocycles. The van der Waals surface area contributed by atoms with Gasteiger partial charge in [0.1, 0.15) is 11.2 Å². The molecule has 112 valence electrons. The first-order valence-electron chi connectivity index (χ1n) is 6.72. The first-order valence-corrected chi connectivity index (χ1v) is 8.68. The molecule has 0 aromatic carbocycles. The normalized spacial score (nSPS) is 19.2. The summed E-state index contributed by atoms with van der Waals surface area (Å²) in [5, 5.41) is 3.15. The third-order valence-electron chi connectivity index (χ3n) is 2.90. The predicted octanol–water partition coefficient (Wildman–Crippen LogP) is 2.39. The van der Waals surface area contributed by atoms with E-state index in [-0.39, 0.29) is 5.78 Å². The third kappa shape index (κ3) is 4.55. The van der Waals surface area contributed by atoms with E-state index >= 15 is 0 Å². The molecule has 1 aromatic heterocycles. The number of allylic oxidation sites excluding steroid dienone is 5. The zero-order chi connectivity index (χ0) is 15.6. The lowest BCUT2D eigenvalue weighted by atomic mass is 10.4. The zero-order valence-electron chi connectivity index (χ0n) is 12.2. The lowest BCUT2D eigenvalue weighted by molar-refractivity contribution is 0.573. The number of pyridine rings is 1. The summed E-state index contributed by atoms with van der Waals surface area (Å²) in [4.78, 5) is 4.28. The van der Waals surface area contributed by atoms with Gasteiger partial charge in [-0.15, -0.1) is 0 Å². The van der Waals surface area contributed by atoms with Crippen molar-refractivity contribution in [1.29, 1.82) is 0 Å². The quantitative estimate of drug-likeness (QED) is 0.647. The number of hydrogen-bond acceptors (Lipinski definition) is 4. The molecule has 0 fully saturated rings. The molecule has 0 saturated heterocycles. The van der Waals surface area contributed by atoms with Crippen LogP contribution in [0.15, 0.2) is 73.6 Å². The molecule has 0 bridgehead atoms. The van der Waals surface area contributed by atoms with Gasteiger partial charge in [-0.05, 0) is 31.5 Å². The maximum Gasteiger partial charge on any atom is 0.161 e. The van der Waals surface area contributed by atoms with Crippen molar-refractivity contribution in [1.82, 2.24) is 10.3 Å². The molecule has 1 aliphatic heterocycles. The molecule has 2 unspecified atom stereocenters. The highest BCUT2D eigenvalue weighted by atomic mass is 31.2. The summed E-state index contributed by atoms with van der Waals surface area (Å²) in [5.74, 6) is -0.207. The zero-order valence-corrected chi connectivity index (χ0v) is 13.1. The molecular weight excluding hydrogens is 281 g/mol. The van der Waals surface area contributed by atoms with E-state index in [0.29, 0.717) is 11.6 Å². The van der Waals surface area contributed by atoms with Gasteiger partial charge < -0.3 is 15.6 Å². The molecule has 2 heterocycles. The molecule has 4 nitrogen and oxygen atoms in total. The van der Waals surface area contributed by atoms with Crippen molar-refractivity contribution in [2.75, 3.05) is 13.2 Å². The standard InChI is InChI=1S/C15H17N2OP.CH5N/c1-2-3-8-13-19(18,14-9-4-6-11-16-14)15-10-5-7-12-17-15;1-2/h2-12,14,16H,1,13H2;2H2,1H3/b8-3-;. The van der Waals surface area contributed by atoms with E-state index < -0.39 is 7.14 Å². The van der Waals surface area contributed by atoms with Crippen LogP contribution in [0.3, 0.4) is 0 Å². The maximum absolute atomic E-state index is 13.3. The largest absolute Gasteiger partial charge is 0.378 e. The van der Waals surface area contributed by atoms with E-state index in [1.807, 2.05) is 54.8 Å². The summed E-state index contributed by atoms with van der Waals surface area (Å²) in [6, 6.07) is 5.53. The highest BCUT2D eigenvalue weighted by Gasteiger charge is 2.33. The topological polar surface area (TPSA) is 68.0 Å². The van der Waals surface area contributed by atoms with Crippen molar-refractivity contribution in [3.8, 4) is 0 Å². The van der Waals surface area contributed by atoms with Crippen LogP contribution in [0.25, 0.3) is 0 Å². The lowest BCUT2D eigenvalue weighted by Gasteiger charge is -2.25. The Kier molecular flexibility index (Phi) is 7.44. The van der Waals surface area contributed by atoms with Gasteiger partial charge >= 0.3 is 0 Å². The van der Waals surface area contributed by atoms with Gasteiger partial charge in [0.25, 0.3) is 0 Å². The number of nitrogens with one attached hydrogen (secondary N) is 1. The van der Waals surface area contributed by atoms with Crippen LogP contribution in [0.2, 0.25) is 0 Å². The van der Waals surface area contributed by atoms with Crippen LogP contribution in [0.5, 0.6) is 0 Å². The number of dihydropyridines is 1. The van der Waals surface area contributed by atoms with Crippen LogP contribution < -0.4 is 16.5 Å². The molecule has 2 rings (SSSR count). The van der Waals surface area contributed by atoms with E-state index in [0.717, 1.165) is 0 Å². The summed E-state index contributed by atoms with van der Waals surface area (Å²) in [5.41, 5.74) is 5.15. The van der Waals surface area contributed by atoms with Crippen LogP contribution in [0.1, 0.15) is 0 Å². The van der Waals surface area contributed by atoms with Crippen LogP contribution in [0.4, 0.5) is 0 Å². The Labute approximate surface area is 126 Å². The number of aromatic nitrogens is 1. The Morgan fingerprint density at radius 3 is 2.81 bits per heavy atom. The molecule has 5 heteroatoms. The van der Waals surface area contributed by atoms with Gasteiger partial charge in [-0.2, -0.15) is 0 Å². The molecule has 0 saturated carbocycles. The van der Waals surface area contributed by atoms with Crippen LogP contribution in [0, 0.1) is 0 Å².